The van der Waals surface area contributed by atoms with E-state index < -0.39 is 0 Å². The van der Waals surface area contributed by atoms with Gasteiger partial charge in [0.05, 0.1) is 18.4 Å². The molecule has 2 unspecified atom stereocenters. The van der Waals surface area contributed by atoms with Gasteiger partial charge >= 0.3 is 5.97 Å². The number of piperidine rings is 1. The van der Waals surface area contributed by atoms with Crippen molar-refractivity contribution in [2.24, 2.45) is 0 Å². The summed E-state index contributed by atoms with van der Waals surface area (Å²) in [5.41, 5.74) is 1.92. The average Bonchev–Trinajstić information content (AvgIpc) is 2.75. The van der Waals surface area contributed by atoms with E-state index in [-0.39, 0.29) is 24.2 Å². The number of pyridine rings is 1. The number of ether oxygens (including phenoxy) is 2. The lowest BCUT2D eigenvalue weighted by Gasteiger charge is -2.37. The minimum absolute atomic E-state index is 0.105. The van der Waals surface area contributed by atoms with E-state index in [9.17, 15) is 4.79 Å². The standard InChI is InChI=1S/C23H29ClN2O3/c1-3-21(23(27)28-4-2)26-15-12-19(13-16-26)29-22(20-7-5-6-14-25-20)17-8-10-18(24)11-9-17/h5-11,14,19,21-22H,3-4,12-13,15-16H2,1-2H3. The van der Waals surface area contributed by atoms with Crippen LogP contribution in [0.15, 0.2) is 48.7 Å². The fourth-order valence-corrected chi connectivity index (χ4v) is 3.94. The molecule has 29 heavy (non-hydrogen) atoms. The number of esters is 1. The first kappa shape index (κ1) is 21.8. The third-order valence-corrected chi connectivity index (χ3v) is 5.57. The Bertz CT molecular complexity index is 761. The van der Waals surface area contributed by atoms with E-state index in [0.717, 1.165) is 43.6 Å². The Balaban J connectivity index is 1.67. The first-order valence-corrected chi connectivity index (χ1v) is 10.7. The molecule has 0 N–H and O–H groups in total. The normalized spacial score (nSPS) is 17.6. The molecule has 0 radical (unpaired) electrons. The maximum Gasteiger partial charge on any atom is 0.323 e. The molecular formula is C23H29ClN2O3. The summed E-state index contributed by atoms with van der Waals surface area (Å²) >= 11 is 6.06. The molecule has 2 atom stereocenters. The van der Waals surface area contributed by atoms with Crippen molar-refractivity contribution >= 4 is 17.6 Å². The van der Waals surface area contributed by atoms with Gasteiger partial charge in [-0.3, -0.25) is 14.7 Å². The van der Waals surface area contributed by atoms with Crippen molar-refractivity contribution in [2.45, 2.75) is 51.4 Å². The Morgan fingerprint density at radius 1 is 1.17 bits per heavy atom. The molecule has 156 valence electrons. The number of benzene rings is 1. The third-order valence-electron chi connectivity index (χ3n) is 5.32. The predicted molar refractivity (Wildman–Crippen MR) is 114 cm³/mol. The van der Waals surface area contributed by atoms with Crippen molar-refractivity contribution in [2.75, 3.05) is 19.7 Å². The molecule has 6 heteroatoms. The molecule has 0 spiro atoms. The highest BCUT2D eigenvalue weighted by Gasteiger charge is 2.31. The summed E-state index contributed by atoms with van der Waals surface area (Å²) in [6, 6.07) is 13.4. The van der Waals surface area contributed by atoms with Crippen LogP contribution in [0.3, 0.4) is 0 Å². The molecule has 3 rings (SSSR count). The van der Waals surface area contributed by atoms with Crippen molar-refractivity contribution in [3.63, 3.8) is 0 Å². The zero-order chi connectivity index (χ0) is 20.6. The summed E-state index contributed by atoms with van der Waals surface area (Å²) in [4.78, 5) is 18.9. The molecule has 2 heterocycles. The van der Waals surface area contributed by atoms with E-state index in [1.807, 2.05) is 56.3 Å². The molecule has 1 aromatic carbocycles. The summed E-state index contributed by atoms with van der Waals surface area (Å²) in [7, 11) is 0. The smallest absolute Gasteiger partial charge is 0.323 e. The van der Waals surface area contributed by atoms with Crippen LogP contribution >= 0.6 is 11.6 Å². The number of aromatic nitrogens is 1. The van der Waals surface area contributed by atoms with Crippen molar-refractivity contribution in [1.82, 2.24) is 9.88 Å². The summed E-state index contributed by atoms with van der Waals surface area (Å²) in [5.74, 6) is -0.123. The minimum atomic E-state index is -0.239. The molecule has 1 aliphatic heterocycles. The van der Waals surface area contributed by atoms with Crippen molar-refractivity contribution < 1.29 is 14.3 Å². The Labute approximate surface area is 178 Å². The fourth-order valence-electron chi connectivity index (χ4n) is 3.82. The number of nitrogens with zero attached hydrogens (tertiary/aromatic N) is 2. The number of carbonyl (C=O) groups excluding carboxylic acids is 1. The van der Waals surface area contributed by atoms with Gasteiger partial charge in [0, 0.05) is 24.3 Å². The maximum absolute atomic E-state index is 12.2. The Morgan fingerprint density at radius 2 is 1.90 bits per heavy atom. The zero-order valence-electron chi connectivity index (χ0n) is 17.1. The molecule has 0 aliphatic carbocycles. The van der Waals surface area contributed by atoms with Gasteiger partial charge in [-0.15, -0.1) is 0 Å². The molecule has 0 saturated carbocycles. The van der Waals surface area contributed by atoms with Gasteiger partial charge in [-0.25, -0.2) is 0 Å². The highest BCUT2D eigenvalue weighted by molar-refractivity contribution is 6.30. The second-order valence-electron chi connectivity index (χ2n) is 7.23. The van der Waals surface area contributed by atoms with Crippen LogP contribution in [-0.2, 0) is 14.3 Å². The molecule has 1 saturated heterocycles. The van der Waals surface area contributed by atoms with Gasteiger partial charge in [0.15, 0.2) is 0 Å². The second-order valence-corrected chi connectivity index (χ2v) is 7.67. The summed E-state index contributed by atoms with van der Waals surface area (Å²) < 4.78 is 11.8. The second kappa shape index (κ2) is 10.7. The number of hydrogen-bond acceptors (Lipinski definition) is 5. The number of hydrogen-bond donors (Lipinski definition) is 0. The van der Waals surface area contributed by atoms with Crippen LogP contribution < -0.4 is 0 Å². The highest BCUT2D eigenvalue weighted by Crippen LogP contribution is 2.30. The number of halogens is 1. The molecular weight excluding hydrogens is 388 g/mol. The summed E-state index contributed by atoms with van der Waals surface area (Å²) in [5, 5.41) is 0.700. The van der Waals surface area contributed by atoms with Gasteiger partial charge < -0.3 is 9.47 Å². The summed E-state index contributed by atoms with van der Waals surface area (Å²) in [6.07, 6.45) is 4.14. The van der Waals surface area contributed by atoms with Gasteiger partial charge in [0.2, 0.25) is 0 Å². The highest BCUT2D eigenvalue weighted by atomic mass is 35.5. The lowest BCUT2D eigenvalue weighted by atomic mass is 10.0. The third kappa shape index (κ3) is 5.78. The van der Waals surface area contributed by atoms with Crippen LogP contribution in [0.2, 0.25) is 5.02 Å². The Morgan fingerprint density at radius 3 is 2.48 bits per heavy atom. The lowest BCUT2D eigenvalue weighted by Crippen LogP contribution is -2.47. The predicted octanol–water partition coefficient (Wildman–Crippen LogP) is 4.65. The van der Waals surface area contributed by atoms with E-state index >= 15 is 0 Å². The van der Waals surface area contributed by atoms with E-state index in [0.29, 0.717) is 11.6 Å². The SMILES string of the molecule is CCOC(=O)C(CC)N1CCC(OC(c2ccc(Cl)cc2)c2ccccn2)CC1. The van der Waals surface area contributed by atoms with Gasteiger partial charge in [-0.2, -0.15) is 0 Å². The minimum Gasteiger partial charge on any atom is -0.465 e. The van der Waals surface area contributed by atoms with Crippen LogP contribution in [0.1, 0.15) is 50.5 Å². The van der Waals surface area contributed by atoms with E-state index in [4.69, 9.17) is 21.1 Å². The molecule has 1 aliphatic rings. The van der Waals surface area contributed by atoms with Crippen molar-refractivity contribution in [3.8, 4) is 0 Å². The number of rotatable bonds is 8. The average molecular weight is 417 g/mol. The Kier molecular flexibility index (Phi) is 8.04. The maximum atomic E-state index is 12.2. The fraction of sp³-hybridized carbons (Fsp3) is 0.478. The number of carbonyl (C=O) groups is 1. The van der Waals surface area contributed by atoms with Crippen LogP contribution in [0, 0.1) is 0 Å². The molecule has 1 aromatic heterocycles. The summed E-state index contributed by atoms with van der Waals surface area (Å²) in [6.45, 7) is 5.93. The van der Waals surface area contributed by atoms with Gasteiger partial charge in [0.25, 0.3) is 0 Å². The number of likely N-dealkylation sites (tertiary alicyclic amines) is 1. The van der Waals surface area contributed by atoms with E-state index in [2.05, 4.69) is 9.88 Å². The molecule has 0 amide bonds. The topological polar surface area (TPSA) is 51.7 Å². The van der Waals surface area contributed by atoms with Crippen LogP contribution in [0.4, 0.5) is 0 Å². The first-order valence-electron chi connectivity index (χ1n) is 10.3. The monoisotopic (exact) mass is 416 g/mol. The Hall–Kier alpha value is -1.95. The molecule has 2 aromatic rings. The van der Waals surface area contributed by atoms with Crippen LogP contribution in [-0.4, -0.2) is 47.7 Å². The van der Waals surface area contributed by atoms with Gasteiger partial charge in [-0.05, 0) is 56.0 Å². The molecule has 0 bridgehead atoms. The van der Waals surface area contributed by atoms with E-state index in [1.165, 1.54) is 0 Å². The van der Waals surface area contributed by atoms with Gasteiger partial charge in [-0.1, -0.05) is 36.7 Å². The quantitative estimate of drug-likeness (QED) is 0.586. The van der Waals surface area contributed by atoms with Crippen molar-refractivity contribution in [3.05, 3.63) is 64.9 Å². The van der Waals surface area contributed by atoms with Crippen molar-refractivity contribution in [1.29, 1.82) is 0 Å². The van der Waals surface area contributed by atoms with Crippen LogP contribution in [0.5, 0.6) is 0 Å². The van der Waals surface area contributed by atoms with E-state index in [1.54, 1.807) is 6.20 Å². The zero-order valence-corrected chi connectivity index (χ0v) is 17.8. The largest absolute Gasteiger partial charge is 0.465 e. The first-order chi connectivity index (χ1) is 14.1. The lowest BCUT2D eigenvalue weighted by molar-refractivity contribution is -0.151. The van der Waals surface area contributed by atoms with Gasteiger partial charge in [0.1, 0.15) is 12.1 Å². The van der Waals surface area contributed by atoms with Crippen LogP contribution in [0.25, 0.3) is 0 Å². The molecule has 1 fully saturated rings. The molecule has 5 nitrogen and oxygen atoms in total.